The number of aryl methyl sites for hydroxylation is 1. The van der Waals surface area contributed by atoms with Crippen molar-refractivity contribution in [3.8, 4) is 11.1 Å². The summed E-state index contributed by atoms with van der Waals surface area (Å²) in [6, 6.07) is 10.3. The first kappa shape index (κ1) is 27.1. The third-order valence-electron chi connectivity index (χ3n) is 6.72. The van der Waals surface area contributed by atoms with Crippen molar-refractivity contribution in [1.82, 2.24) is 10.6 Å². The van der Waals surface area contributed by atoms with E-state index in [0.29, 0.717) is 28.5 Å². The Morgan fingerprint density at radius 1 is 1.05 bits per heavy atom. The number of carbonyl (C=O) groups excluding carboxylic acids is 2. The van der Waals surface area contributed by atoms with Gasteiger partial charge in [0.2, 0.25) is 11.8 Å². The van der Waals surface area contributed by atoms with Gasteiger partial charge in [0, 0.05) is 26.9 Å². The Balaban J connectivity index is 1.55. The predicted molar refractivity (Wildman–Crippen MR) is 146 cm³/mol. The highest BCUT2D eigenvalue weighted by molar-refractivity contribution is 9.10. The number of nitrogens with one attached hydrogen (secondary N) is 2. The Morgan fingerprint density at radius 3 is 2.42 bits per heavy atom. The Kier molecular flexibility index (Phi) is 8.01. The van der Waals surface area contributed by atoms with Crippen LogP contribution in [0.15, 0.2) is 60.8 Å². The maximum Gasteiger partial charge on any atom is 0.340 e. The van der Waals surface area contributed by atoms with Crippen LogP contribution in [0, 0.1) is 12.8 Å². The van der Waals surface area contributed by atoms with E-state index < -0.39 is 36.0 Å². The van der Waals surface area contributed by atoms with E-state index in [9.17, 15) is 24.3 Å². The van der Waals surface area contributed by atoms with Crippen molar-refractivity contribution in [3.05, 3.63) is 68.7 Å². The lowest BCUT2D eigenvalue weighted by Gasteiger charge is -2.20. The number of furan rings is 1. The van der Waals surface area contributed by atoms with Crippen molar-refractivity contribution < 1.29 is 28.3 Å². The molecule has 38 heavy (non-hydrogen) atoms. The number of hydrogen-bond acceptors (Lipinski definition) is 6. The summed E-state index contributed by atoms with van der Waals surface area (Å²) in [5.74, 6) is -2.61. The van der Waals surface area contributed by atoms with Gasteiger partial charge >= 0.3 is 11.6 Å². The number of halogens is 1. The smallest absolute Gasteiger partial charge is 0.340 e. The Labute approximate surface area is 226 Å². The average Bonchev–Trinajstić information content (AvgIpc) is 3.30. The van der Waals surface area contributed by atoms with E-state index in [0.717, 1.165) is 21.0 Å². The fourth-order valence-electron chi connectivity index (χ4n) is 4.28. The van der Waals surface area contributed by atoms with Crippen LogP contribution in [-0.4, -0.2) is 35.5 Å². The van der Waals surface area contributed by atoms with E-state index in [1.165, 1.54) is 0 Å². The van der Waals surface area contributed by atoms with Gasteiger partial charge in [-0.25, -0.2) is 9.59 Å². The number of carboxylic acids is 1. The number of carboxylic acid groups (broad SMARTS) is 1. The van der Waals surface area contributed by atoms with Gasteiger partial charge < -0.3 is 24.6 Å². The zero-order valence-electron chi connectivity index (χ0n) is 21.1. The molecule has 0 unspecified atom stereocenters. The molecule has 0 aliphatic rings. The lowest BCUT2D eigenvalue weighted by Crippen LogP contribution is -2.48. The van der Waals surface area contributed by atoms with Gasteiger partial charge in [-0.1, -0.05) is 48.3 Å². The van der Waals surface area contributed by atoms with E-state index in [4.69, 9.17) is 8.83 Å². The quantitative estimate of drug-likeness (QED) is 0.246. The van der Waals surface area contributed by atoms with E-state index in [1.54, 1.807) is 26.2 Å². The summed E-state index contributed by atoms with van der Waals surface area (Å²) in [5, 5.41) is 15.7. The molecule has 3 N–H and O–H groups in total. The molecular formula is C28H27BrN2O7. The maximum absolute atomic E-state index is 12.7. The number of carbonyl (C=O) groups is 3. The van der Waals surface area contributed by atoms with Crippen molar-refractivity contribution >= 4 is 55.7 Å². The van der Waals surface area contributed by atoms with E-state index >= 15 is 0 Å². The molecule has 198 valence electrons. The molecule has 2 aromatic carbocycles. The first-order valence-electron chi connectivity index (χ1n) is 12.1. The largest absolute Gasteiger partial charge is 0.480 e. The molecular weight excluding hydrogens is 556 g/mol. The molecule has 2 aromatic heterocycles. The Bertz CT molecular complexity index is 1590. The van der Waals surface area contributed by atoms with Gasteiger partial charge in [-0.05, 0) is 42.2 Å². The van der Waals surface area contributed by atoms with Gasteiger partial charge in [-0.3, -0.25) is 9.59 Å². The van der Waals surface area contributed by atoms with Crippen LogP contribution in [-0.2, 0) is 20.8 Å². The van der Waals surface area contributed by atoms with E-state index in [1.807, 2.05) is 37.3 Å². The van der Waals surface area contributed by atoms with Crippen LogP contribution in [0.25, 0.3) is 33.1 Å². The minimum absolute atomic E-state index is 0.173. The minimum Gasteiger partial charge on any atom is -0.480 e. The number of rotatable bonds is 9. The first-order chi connectivity index (χ1) is 18.1. The fourth-order valence-corrected chi connectivity index (χ4v) is 4.54. The molecule has 0 saturated heterocycles. The highest BCUT2D eigenvalue weighted by atomic mass is 79.9. The van der Waals surface area contributed by atoms with E-state index in [-0.39, 0.29) is 17.9 Å². The van der Waals surface area contributed by atoms with Crippen LogP contribution < -0.4 is 16.3 Å². The summed E-state index contributed by atoms with van der Waals surface area (Å²) in [7, 11) is 0. The lowest BCUT2D eigenvalue weighted by molar-refractivity contribution is -0.143. The third kappa shape index (κ3) is 5.65. The monoisotopic (exact) mass is 582 g/mol. The molecule has 2 amide bonds. The summed E-state index contributed by atoms with van der Waals surface area (Å²) in [4.78, 5) is 49.0. The molecule has 0 fully saturated rings. The summed E-state index contributed by atoms with van der Waals surface area (Å²) in [6.07, 6.45) is 1.92. The highest BCUT2D eigenvalue weighted by Gasteiger charge is 2.25. The lowest BCUT2D eigenvalue weighted by atomic mass is 9.99. The topological polar surface area (TPSA) is 139 Å². The molecule has 4 rings (SSSR count). The molecule has 4 aromatic rings. The fraction of sp³-hybridized carbons (Fsp3) is 0.286. The predicted octanol–water partition coefficient (Wildman–Crippen LogP) is 4.55. The summed E-state index contributed by atoms with van der Waals surface area (Å²) in [5.41, 5.74) is 2.84. The zero-order chi connectivity index (χ0) is 27.6. The van der Waals surface area contributed by atoms with Gasteiger partial charge in [0.05, 0.1) is 24.8 Å². The second kappa shape index (κ2) is 11.2. The van der Waals surface area contributed by atoms with Crippen LogP contribution in [0.1, 0.15) is 31.4 Å². The maximum atomic E-state index is 12.7. The second-order valence-corrected chi connectivity index (χ2v) is 10.1. The molecule has 2 atom stereocenters. The summed E-state index contributed by atoms with van der Waals surface area (Å²) in [6.45, 7) is 4.87. The van der Waals surface area contributed by atoms with Crippen LogP contribution in [0.3, 0.4) is 0 Å². The highest BCUT2D eigenvalue weighted by Crippen LogP contribution is 2.35. The number of aliphatic carboxylic acids is 1. The van der Waals surface area contributed by atoms with Crippen molar-refractivity contribution in [3.63, 3.8) is 0 Å². The zero-order valence-corrected chi connectivity index (χ0v) is 22.7. The molecule has 0 saturated carbocycles. The number of fused-ring (bicyclic) bond motifs is 2. The van der Waals surface area contributed by atoms with Crippen molar-refractivity contribution in [2.45, 2.75) is 39.7 Å². The molecule has 0 spiro atoms. The van der Waals surface area contributed by atoms with Crippen molar-refractivity contribution in [1.29, 1.82) is 0 Å². The second-order valence-electron chi connectivity index (χ2n) is 9.22. The molecule has 10 heteroatoms. The van der Waals surface area contributed by atoms with Gasteiger partial charge in [0.1, 0.15) is 17.2 Å². The molecule has 0 bridgehead atoms. The van der Waals surface area contributed by atoms with Crippen molar-refractivity contribution in [2.24, 2.45) is 5.92 Å². The van der Waals surface area contributed by atoms with Gasteiger partial charge in [-0.2, -0.15) is 0 Å². The van der Waals surface area contributed by atoms with Crippen LogP contribution in [0.5, 0.6) is 0 Å². The molecule has 0 radical (unpaired) electrons. The molecule has 9 nitrogen and oxygen atoms in total. The molecule has 0 aliphatic carbocycles. The SMILES string of the molecule is CC[C@H](C)[C@@H](NC(=O)CNC(=O)Cc1c(C)c2cc3c(-c4ccc(Br)cc4)coc3cc2oc1=O)C(=O)O. The van der Waals surface area contributed by atoms with Crippen LogP contribution >= 0.6 is 15.9 Å². The van der Waals surface area contributed by atoms with Gasteiger partial charge in [-0.15, -0.1) is 0 Å². The van der Waals surface area contributed by atoms with Gasteiger partial charge in [0.15, 0.2) is 0 Å². The minimum atomic E-state index is -1.14. The first-order valence-corrected chi connectivity index (χ1v) is 12.9. The number of benzene rings is 2. The number of amides is 2. The standard InChI is InChI=1S/C28H27BrN2O7/c1-4-14(2)26(27(34)35)31-25(33)12-30-24(32)10-19-15(3)18-9-20-21(16-5-7-17(29)8-6-16)13-37-22(20)11-23(18)38-28(19)36/h5-9,11,13-14,26H,4,10,12H2,1-3H3,(H,30,32)(H,31,33)(H,34,35)/t14-,26+/m0/s1. The van der Waals surface area contributed by atoms with Crippen LogP contribution in [0.4, 0.5) is 0 Å². The Hall–Kier alpha value is -3.92. The normalized spacial score (nSPS) is 12.8. The van der Waals surface area contributed by atoms with Crippen LogP contribution in [0.2, 0.25) is 0 Å². The van der Waals surface area contributed by atoms with Gasteiger partial charge in [0.25, 0.3) is 0 Å². The van der Waals surface area contributed by atoms with Crippen molar-refractivity contribution in [2.75, 3.05) is 6.54 Å². The Morgan fingerprint density at radius 2 is 1.76 bits per heavy atom. The average molecular weight is 583 g/mol. The number of hydrogen-bond donors (Lipinski definition) is 3. The summed E-state index contributed by atoms with van der Waals surface area (Å²) < 4.78 is 12.2. The molecule has 2 heterocycles. The van der Waals surface area contributed by atoms with E-state index in [2.05, 4.69) is 26.6 Å². The molecule has 0 aliphatic heterocycles. The third-order valence-corrected chi connectivity index (χ3v) is 7.24. The summed E-state index contributed by atoms with van der Waals surface area (Å²) >= 11 is 3.43.